The van der Waals surface area contributed by atoms with Crippen LogP contribution in [0.5, 0.6) is 0 Å². The zero-order valence-corrected chi connectivity index (χ0v) is 10.7. The number of alkyl halides is 3. The van der Waals surface area contributed by atoms with E-state index in [9.17, 15) is 26.4 Å². The van der Waals surface area contributed by atoms with E-state index in [1.807, 2.05) is 0 Å². The highest BCUT2D eigenvalue weighted by atomic mass is 32.2. The van der Waals surface area contributed by atoms with Gasteiger partial charge in [0.1, 0.15) is 0 Å². The van der Waals surface area contributed by atoms with Crippen LogP contribution in [0, 0.1) is 6.92 Å². The van der Waals surface area contributed by atoms with Crippen molar-refractivity contribution in [1.82, 2.24) is 0 Å². The smallest absolute Gasteiger partial charge is 0.390 e. The summed E-state index contributed by atoms with van der Waals surface area (Å²) in [5.74, 6) is -2.44. The molecular weight excluding hydrogens is 285 g/mol. The standard InChI is InChI=1S/C11H11F3O4S/c1-7-2-3-8(10(15)16)6-9(7)19(17,18)5-4-11(12,13)14/h2-3,6H,4-5H2,1H3,(H,15,16). The average Bonchev–Trinajstić information content (AvgIpc) is 2.25. The zero-order chi connectivity index (χ0) is 14.8. The molecule has 106 valence electrons. The van der Waals surface area contributed by atoms with Crippen molar-refractivity contribution in [2.24, 2.45) is 0 Å². The van der Waals surface area contributed by atoms with Gasteiger partial charge in [0.25, 0.3) is 0 Å². The summed E-state index contributed by atoms with van der Waals surface area (Å²) in [6, 6.07) is 3.33. The van der Waals surface area contributed by atoms with Crippen LogP contribution in [0.3, 0.4) is 0 Å². The van der Waals surface area contributed by atoms with Crippen molar-refractivity contribution >= 4 is 15.8 Å². The Balaban J connectivity index is 3.14. The third kappa shape index (κ3) is 4.23. The van der Waals surface area contributed by atoms with Crippen molar-refractivity contribution in [2.45, 2.75) is 24.4 Å². The molecule has 0 aromatic heterocycles. The van der Waals surface area contributed by atoms with E-state index in [0.29, 0.717) is 0 Å². The molecule has 0 aliphatic carbocycles. The Hall–Kier alpha value is -1.57. The Labute approximate surface area is 107 Å². The zero-order valence-electron chi connectivity index (χ0n) is 9.86. The fraction of sp³-hybridized carbons (Fsp3) is 0.364. The monoisotopic (exact) mass is 296 g/mol. The summed E-state index contributed by atoms with van der Waals surface area (Å²) in [6.07, 6.45) is -6.04. The lowest BCUT2D eigenvalue weighted by atomic mass is 10.1. The van der Waals surface area contributed by atoms with E-state index in [1.165, 1.54) is 19.1 Å². The quantitative estimate of drug-likeness (QED) is 0.926. The van der Waals surface area contributed by atoms with Gasteiger partial charge >= 0.3 is 12.1 Å². The van der Waals surface area contributed by atoms with Gasteiger partial charge in [-0.2, -0.15) is 13.2 Å². The Morgan fingerprint density at radius 2 is 1.89 bits per heavy atom. The number of aromatic carboxylic acids is 1. The van der Waals surface area contributed by atoms with Crippen LogP contribution in [0.25, 0.3) is 0 Å². The van der Waals surface area contributed by atoms with Gasteiger partial charge in [-0.25, -0.2) is 13.2 Å². The molecule has 8 heteroatoms. The minimum atomic E-state index is -4.58. The first kappa shape index (κ1) is 15.5. The Kier molecular flexibility index (Phi) is 4.24. The normalized spacial score (nSPS) is 12.4. The van der Waals surface area contributed by atoms with Crippen molar-refractivity contribution in [3.05, 3.63) is 29.3 Å². The van der Waals surface area contributed by atoms with Crippen molar-refractivity contribution < 1.29 is 31.5 Å². The number of aryl methyl sites for hydroxylation is 1. The van der Waals surface area contributed by atoms with Gasteiger partial charge in [0.2, 0.25) is 0 Å². The molecule has 0 spiro atoms. The number of sulfone groups is 1. The molecule has 0 radical (unpaired) electrons. The highest BCUT2D eigenvalue weighted by molar-refractivity contribution is 7.91. The number of hydrogen-bond donors (Lipinski definition) is 1. The molecule has 19 heavy (non-hydrogen) atoms. The maximum atomic E-state index is 12.1. The Morgan fingerprint density at radius 1 is 1.32 bits per heavy atom. The molecule has 0 atom stereocenters. The van der Waals surface area contributed by atoms with Crippen LogP contribution in [0.2, 0.25) is 0 Å². The van der Waals surface area contributed by atoms with Crippen LogP contribution in [0.1, 0.15) is 22.3 Å². The van der Waals surface area contributed by atoms with Gasteiger partial charge in [-0.1, -0.05) is 6.07 Å². The largest absolute Gasteiger partial charge is 0.478 e. The second-order valence-corrected chi connectivity index (χ2v) is 6.05. The maximum absolute atomic E-state index is 12.1. The summed E-state index contributed by atoms with van der Waals surface area (Å²) < 4.78 is 59.7. The number of rotatable bonds is 4. The molecule has 0 saturated heterocycles. The van der Waals surface area contributed by atoms with Gasteiger partial charge in [-0.05, 0) is 24.6 Å². The maximum Gasteiger partial charge on any atom is 0.390 e. The minimum Gasteiger partial charge on any atom is -0.478 e. The first-order valence-corrected chi connectivity index (χ1v) is 6.81. The molecule has 1 aromatic carbocycles. The summed E-state index contributed by atoms with van der Waals surface area (Å²) in [7, 11) is -4.16. The fourth-order valence-electron chi connectivity index (χ4n) is 1.43. The molecule has 1 aromatic rings. The molecular formula is C11H11F3O4S. The van der Waals surface area contributed by atoms with Gasteiger partial charge < -0.3 is 5.11 Å². The van der Waals surface area contributed by atoms with Crippen molar-refractivity contribution in [1.29, 1.82) is 0 Å². The molecule has 0 bridgehead atoms. The van der Waals surface area contributed by atoms with Gasteiger partial charge in [0, 0.05) is 0 Å². The number of benzene rings is 1. The highest BCUT2D eigenvalue weighted by Gasteiger charge is 2.31. The van der Waals surface area contributed by atoms with E-state index in [-0.39, 0.29) is 16.0 Å². The first-order valence-electron chi connectivity index (χ1n) is 5.16. The molecule has 0 saturated carbocycles. The summed E-state index contributed by atoms with van der Waals surface area (Å²) in [5.41, 5.74) is -0.0663. The Bertz CT molecular complexity index is 590. The van der Waals surface area contributed by atoms with E-state index in [1.54, 1.807) is 0 Å². The Morgan fingerprint density at radius 3 is 2.37 bits per heavy atom. The predicted octanol–water partition coefficient (Wildman–Crippen LogP) is 2.42. The third-order valence-electron chi connectivity index (χ3n) is 2.42. The molecule has 0 fully saturated rings. The molecule has 0 aliphatic heterocycles. The SMILES string of the molecule is Cc1ccc(C(=O)O)cc1S(=O)(=O)CCC(F)(F)F. The van der Waals surface area contributed by atoms with Gasteiger partial charge in [-0.3, -0.25) is 0 Å². The van der Waals surface area contributed by atoms with Crippen LogP contribution in [-0.2, 0) is 9.84 Å². The number of carboxylic acids is 1. The number of carbonyl (C=O) groups is 1. The molecule has 0 unspecified atom stereocenters. The third-order valence-corrected chi connectivity index (χ3v) is 4.28. The van der Waals surface area contributed by atoms with Crippen molar-refractivity contribution in [3.8, 4) is 0 Å². The van der Waals surface area contributed by atoms with E-state index < -0.39 is 34.2 Å². The fourth-order valence-corrected chi connectivity index (χ4v) is 3.01. The topological polar surface area (TPSA) is 71.4 Å². The lowest BCUT2D eigenvalue weighted by molar-refractivity contribution is -0.129. The predicted molar refractivity (Wildman–Crippen MR) is 60.9 cm³/mol. The summed E-state index contributed by atoms with van der Waals surface area (Å²) >= 11 is 0. The molecule has 0 aliphatic rings. The van der Waals surface area contributed by atoms with Crippen LogP contribution in [0.4, 0.5) is 13.2 Å². The summed E-state index contributed by atoms with van der Waals surface area (Å²) in [4.78, 5) is 10.4. The van der Waals surface area contributed by atoms with Gasteiger partial charge in [0.05, 0.1) is 22.6 Å². The molecule has 1 rings (SSSR count). The van der Waals surface area contributed by atoms with Gasteiger partial charge in [0.15, 0.2) is 9.84 Å². The van der Waals surface area contributed by atoms with Crippen LogP contribution in [-0.4, -0.2) is 31.4 Å². The minimum absolute atomic E-state index is 0.215. The average molecular weight is 296 g/mol. The second kappa shape index (κ2) is 5.20. The molecule has 0 heterocycles. The lowest BCUT2D eigenvalue weighted by Gasteiger charge is -2.10. The number of hydrogen-bond acceptors (Lipinski definition) is 3. The van der Waals surface area contributed by atoms with Crippen LogP contribution >= 0.6 is 0 Å². The molecule has 4 nitrogen and oxygen atoms in total. The lowest BCUT2D eigenvalue weighted by Crippen LogP contribution is -2.17. The van der Waals surface area contributed by atoms with E-state index >= 15 is 0 Å². The second-order valence-electron chi connectivity index (χ2n) is 3.97. The van der Waals surface area contributed by atoms with Crippen LogP contribution < -0.4 is 0 Å². The summed E-state index contributed by atoms with van der Waals surface area (Å²) in [6.45, 7) is 1.39. The van der Waals surface area contributed by atoms with Crippen molar-refractivity contribution in [3.63, 3.8) is 0 Å². The first-order chi connectivity index (χ1) is 8.53. The molecule has 0 amide bonds. The van der Waals surface area contributed by atoms with Gasteiger partial charge in [-0.15, -0.1) is 0 Å². The molecule has 1 N–H and O–H groups in total. The number of carboxylic acid groups (broad SMARTS) is 1. The highest BCUT2D eigenvalue weighted by Crippen LogP contribution is 2.24. The van der Waals surface area contributed by atoms with E-state index in [0.717, 1.165) is 6.07 Å². The number of halogens is 3. The van der Waals surface area contributed by atoms with Crippen LogP contribution in [0.15, 0.2) is 23.1 Å². The summed E-state index contributed by atoms with van der Waals surface area (Å²) in [5, 5.41) is 8.75. The van der Waals surface area contributed by atoms with Crippen molar-refractivity contribution in [2.75, 3.05) is 5.75 Å². The van der Waals surface area contributed by atoms with E-state index in [2.05, 4.69) is 0 Å². The van der Waals surface area contributed by atoms with E-state index in [4.69, 9.17) is 5.11 Å².